The van der Waals surface area contributed by atoms with E-state index in [0.29, 0.717) is 11.1 Å². The maximum absolute atomic E-state index is 6.30. The number of aromatic nitrogens is 3. The average molecular weight is 376 g/mol. The molecule has 3 aromatic heterocycles. The van der Waals surface area contributed by atoms with Gasteiger partial charge in [-0.05, 0) is 37.8 Å². The molecule has 0 amide bonds. The van der Waals surface area contributed by atoms with Gasteiger partial charge in [0, 0.05) is 17.0 Å². The second-order valence-electron chi connectivity index (χ2n) is 7.11. The van der Waals surface area contributed by atoms with Crippen LogP contribution in [0.15, 0.2) is 36.1 Å². The Balaban J connectivity index is 1.60. The first-order chi connectivity index (χ1) is 12.0. The molecule has 4 atom stereocenters. The van der Waals surface area contributed by atoms with Crippen LogP contribution in [0.5, 0.6) is 0 Å². The van der Waals surface area contributed by atoms with Gasteiger partial charge in [-0.25, -0.2) is 9.97 Å². The number of halogens is 1. The molecule has 25 heavy (non-hydrogen) atoms. The number of hydrogen-bond donors (Lipinski definition) is 0. The van der Waals surface area contributed by atoms with Gasteiger partial charge in [0.2, 0.25) is 0 Å². The normalized spacial score (nSPS) is 30.8. The second-order valence-corrected chi connectivity index (χ2v) is 8.45. The highest BCUT2D eigenvalue weighted by Crippen LogP contribution is 2.52. The summed E-state index contributed by atoms with van der Waals surface area (Å²) in [7, 11) is 0. The molecular formula is C18H18ClN3O2S. The van der Waals surface area contributed by atoms with E-state index in [2.05, 4.69) is 32.0 Å². The van der Waals surface area contributed by atoms with Gasteiger partial charge in [-0.15, -0.1) is 11.3 Å². The number of ether oxygens (including phenoxy) is 2. The van der Waals surface area contributed by atoms with Crippen LogP contribution < -0.4 is 0 Å². The van der Waals surface area contributed by atoms with Gasteiger partial charge in [-0.1, -0.05) is 17.7 Å². The Morgan fingerprint density at radius 3 is 2.88 bits per heavy atom. The zero-order chi connectivity index (χ0) is 17.2. The topological polar surface area (TPSA) is 49.2 Å². The van der Waals surface area contributed by atoms with Crippen LogP contribution in [-0.2, 0) is 9.47 Å². The fourth-order valence-electron chi connectivity index (χ4n) is 4.21. The van der Waals surface area contributed by atoms with Gasteiger partial charge in [0.1, 0.15) is 23.2 Å². The van der Waals surface area contributed by atoms with Crippen LogP contribution in [-0.4, -0.2) is 32.5 Å². The van der Waals surface area contributed by atoms with Crippen molar-refractivity contribution in [1.29, 1.82) is 0 Å². The molecule has 0 aromatic carbocycles. The predicted octanol–water partition coefficient (Wildman–Crippen LogP) is 4.39. The van der Waals surface area contributed by atoms with E-state index in [0.717, 1.165) is 17.5 Å². The van der Waals surface area contributed by atoms with Crippen molar-refractivity contribution < 1.29 is 9.47 Å². The van der Waals surface area contributed by atoms with Crippen molar-refractivity contribution in [3.8, 4) is 0 Å². The Kier molecular flexibility index (Phi) is 3.47. The molecular weight excluding hydrogens is 358 g/mol. The summed E-state index contributed by atoms with van der Waals surface area (Å²) >= 11 is 8.01. The van der Waals surface area contributed by atoms with Crippen molar-refractivity contribution in [3.63, 3.8) is 0 Å². The van der Waals surface area contributed by atoms with E-state index >= 15 is 0 Å². The zero-order valence-electron chi connectivity index (χ0n) is 13.9. The molecule has 4 heterocycles. The van der Waals surface area contributed by atoms with Crippen molar-refractivity contribution >= 4 is 34.0 Å². The highest BCUT2D eigenvalue weighted by atomic mass is 35.5. The largest absolute Gasteiger partial charge is 0.344 e. The first kappa shape index (κ1) is 15.8. The Morgan fingerprint density at radius 2 is 2.08 bits per heavy atom. The zero-order valence-corrected chi connectivity index (χ0v) is 15.5. The van der Waals surface area contributed by atoms with E-state index in [1.807, 2.05) is 26.1 Å². The number of nitrogens with zero attached hydrogens (tertiary/aromatic N) is 3. The number of thiophene rings is 1. The Hall–Kier alpha value is -1.47. The summed E-state index contributed by atoms with van der Waals surface area (Å²) in [4.78, 5) is 9.89. The summed E-state index contributed by atoms with van der Waals surface area (Å²) in [5, 5.41) is 3.48. The molecule has 3 aromatic rings. The monoisotopic (exact) mass is 375 g/mol. The third-order valence-corrected chi connectivity index (χ3v) is 6.47. The Bertz CT molecular complexity index is 924. The highest BCUT2D eigenvalue weighted by Gasteiger charge is 2.55. The van der Waals surface area contributed by atoms with Gasteiger partial charge in [0.05, 0.1) is 17.5 Å². The van der Waals surface area contributed by atoms with Crippen LogP contribution in [0.2, 0.25) is 5.15 Å². The Labute approximate surface area is 154 Å². The molecule has 7 heteroatoms. The first-order valence-corrected chi connectivity index (χ1v) is 9.65. The fourth-order valence-corrected chi connectivity index (χ4v) is 5.28. The van der Waals surface area contributed by atoms with E-state index in [1.165, 1.54) is 11.2 Å². The van der Waals surface area contributed by atoms with Crippen molar-refractivity contribution in [2.75, 3.05) is 0 Å². The average Bonchev–Trinajstić information content (AvgIpc) is 3.30. The molecule has 0 spiro atoms. The number of rotatable bonds is 2. The summed E-state index contributed by atoms with van der Waals surface area (Å²) in [6.07, 6.45) is 4.55. The van der Waals surface area contributed by atoms with E-state index in [-0.39, 0.29) is 18.2 Å². The maximum Gasteiger partial charge on any atom is 0.163 e. The minimum atomic E-state index is -0.570. The molecule has 1 aliphatic heterocycles. The predicted molar refractivity (Wildman–Crippen MR) is 97.1 cm³/mol. The third kappa shape index (κ3) is 2.43. The molecule has 5 nitrogen and oxygen atoms in total. The second kappa shape index (κ2) is 5.51. The number of fused-ring (bicyclic) bond motifs is 2. The van der Waals surface area contributed by atoms with E-state index in [4.69, 9.17) is 21.1 Å². The van der Waals surface area contributed by atoms with Gasteiger partial charge < -0.3 is 14.0 Å². The molecule has 2 aliphatic rings. The molecule has 0 bridgehead atoms. The summed E-state index contributed by atoms with van der Waals surface area (Å²) in [5.74, 6) is -0.245. The van der Waals surface area contributed by atoms with Crippen LogP contribution in [0.25, 0.3) is 11.0 Å². The SMILES string of the molecule is CC1(C)O[C@@H]2[C@@H](c3cccs3)CC(n3ccc4c(Cl)ncnc43)[C@@H]2O1. The lowest BCUT2D eigenvalue weighted by Crippen LogP contribution is -2.27. The molecule has 5 rings (SSSR count). The Morgan fingerprint density at radius 1 is 1.24 bits per heavy atom. The summed E-state index contributed by atoms with van der Waals surface area (Å²) < 4.78 is 14.8. The first-order valence-electron chi connectivity index (χ1n) is 8.39. The quantitative estimate of drug-likeness (QED) is 0.623. The van der Waals surface area contributed by atoms with Crippen LogP contribution >= 0.6 is 22.9 Å². The smallest absolute Gasteiger partial charge is 0.163 e. The summed E-state index contributed by atoms with van der Waals surface area (Å²) in [5.41, 5.74) is 0.851. The van der Waals surface area contributed by atoms with Gasteiger partial charge in [-0.3, -0.25) is 0 Å². The van der Waals surface area contributed by atoms with Crippen LogP contribution in [0, 0.1) is 0 Å². The minimum absolute atomic E-state index is 0.00793. The molecule has 1 aliphatic carbocycles. The van der Waals surface area contributed by atoms with Gasteiger partial charge >= 0.3 is 0 Å². The van der Waals surface area contributed by atoms with Crippen molar-refractivity contribution in [3.05, 3.63) is 46.1 Å². The molecule has 1 saturated carbocycles. The van der Waals surface area contributed by atoms with Gasteiger partial charge in [-0.2, -0.15) is 0 Å². The fraction of sp³-hybridized carbons (Fsp3) is 0.444. The summed E-state index contributed by atoms with van der Waals surface area (Å²) in [6, 6.07) is 6.42. The molecule has 1 unspecified atom stereocenters. The molecule has 130 valence electrons. The van der Waals surface area contributed by atoms with Gasteiger partial charge in [0.25, 0.3) is 0 Å². The van der Waals surface area contributed by atoms with E-state index < -0.39 is 5.79 Å². The van der Waals surface area contributed by atoms with Gasteiger partial charge in [0.15, 0.2) is 5.79 Å². The van der Waals surface area contributed by atoms with Crippen LogP contribution in [0.1, 0.15) is 37.1 Å². The molecule has 2 fully saturated rings. The lowest BCUT2D eigenvalue weighted by atomic mass is 10.0. The van der Waals surface area contributed by atoms with Crippen molar-refractivity contribution in [1.82, 2.24) is 14.5 Å². The summed E-state index contributed by atoms with van der Waals surface area (Å²) in [6.45, 7) is 3.97. The van der Waals surface area contributed by atoms with E-state index in [9.17, 15) is 0 Å². The van der Waals surface area contributed by atoms with E-state index in [1.54, 1.807) is 11.3 Å². The lowest BCUT2D eigenvalue weighted by molar-refractivity contribution is -0.156. The highest BCUT2D eigenvalue weighted by molar-refractivity contribution is 7.10. The standard InChI is InChI=1S/C18H18ClN3O2S/c1-18(2)23-14-11(13-4-3-7-25-13)8-12(15(14)24-18)22-6-5-10-16(19)20-9-21-17(10)22/h3-7,9,11-12,14-15H,8H2,1-2H3/t11-,12?,14-,15+/m1/s1. The molecule has 0 radical (unpaired) electrons. The lowest BCUT2D eigenvalue weighted by Gasteiger charge is -2.24. The molecule has 0 N–H and O–H groups in total. The third-order valence-electron chi connectivity index (χ3n) is 5.16. The number of hydrogen-bond acceptors (Lipinski definition) is 5. The molecule has 1 saturated heterocycles. The maximum atomic E-state index is 6.30. The van der Waals surface area contributed by atoms with Crippen molar-refractivity contribution in [2.24, 2.45) is 0 Å². The van der Waals surface area contributed by atoms with Crippen LogP contribution in [0.4, 0.5) is 0 Å². The minimum Gasteiger partial charge on any atom is -0.344 e. The van der Waals surface area contributed by atoms with Crippen LogP contribution in [0.3, 0.4) is 0 Å². The van der Waals surface area contributed by atoms with Crippen molar-refractivity contribution in [2.45, 2.75) is 50.2 Å².